The van der Waals surface area contributed by atoms with Crippen molar-refractivity contribution in [2.45, 2.75) is 45.3 Å². The molecule has 2 amide bonds. The van der Waals surface area contributed by atoms with Gasteiger partial charge in [-0.2, -0.15) is 0 Å². The van der Waals surface area contributed by atoms with Crippen molar-refractivity contribution in [3.8, 4) is 11.5 Å². The van der Waals surface area contributed by atoms with Crippen LogP contribution in [0, 0.1) is 0 Å². The summed E-state index contributed by atoms with van der Waals surface area (Å²) in [6.45, 7) is 3.20. The molecule has 0 bridgehead atoms. The van der Waals surface area contributed by atoms with Crippen LogP contribution in [0.3, 0.4) is 0 Å². The summed E-state index contributed by atoms with van der Waals surface area (Å²) in [6, 6.07) is 17.7. The van der Waals surface area contributed by atoms with E-state index in [9.17, 15) is 18.0 Å². The molecule has 3 rings (SSSR count). The number of benzene rings is 3. The molecule has 0 heterocycles. The van der Waals surface area contributed by atoms with Crippen LogP contribution in [0.1, 0.15) is 31.4 Å². The van der Waals surface area contributed by atoms with Gasteiger partial charge in [-0.25, -0.2) is 8.42 Å². The third-order valence-electron chi connectivity index (χ3n) is 6.94. The highest BCUT2D eigenvalue weighted by Gasteiger charge is 2.34. The van der Waals surface area contributed by atoms with Crippen molar-refractivity contribution in [2.24, 2.45) is 0 Å². The van der Waals surface area contributed by atoms with Crippen molar-refractivity contribution in [1.29, 1.82) is 0 Å². The fourth-order valence-electron chi connectivity index (χ4n) is 4.42. The van der Waals surface area contributed by atoms with E-state index in [1.54, 1.807) is 24.3 Å². The lowest BCUT2D eigenvalue weighted by molar-refractivity contribution is -0.140. The van der Waals surface area contributed by atoms with Gasteiger partial charge in [0.25, 0.3) is 0 Å². The highest BCUT2D eigenvalue weighted by molar-refractivity contribution is 7.92. The zero-order valence-corrected chi connectivity index (χ0v) is 27.2. The van der Waals surface area contributed by atoms with Crippen LogP contribution >= 0.6 is 23.2 Å². The molecule has 0 saturated carbocycles. The number of ether oxygens (including phenoxy) is 2. The van der Waals surface area contributed by atoms with E-state index in [0.717, 1.165) is 16.1 Å². The Morgan fingerprint density at radius 3 is 2.21 bits per heavy atom. The zero-order valence-electron chi connectivity index (χ0n) is 24.8. The van der Waals surface area contributed by atoms with E-state index >= 15 is 0 Å². The highest BCUT2D eigenvalue weighted by atomic mass is 35.5. The predicted octanol–water partition coefficient (Wildman–Crippen LogP) is 5.33. The summed E-state index contributed by atoms with van der Waals surface area (Å²) in [5.41, 5.74) is 1.60. The Morgan fingerprint density at radius 1 is 0.930 bits per heavy atom. The molecule has 0 aromatic heterocycles. The van der Waals surface area contributed by atoms with Gasteiger partial charge in [0.15, 0.2) is 0 Å². The van der Waals surface area contributed by atoms with Crippen LogP contribution in [-0.2, 0) is 32.6 Å². The molecule has 0 aliphatic heterocycles. The first-order valence-electron chi connectivity index (χ1n) is 13.6. The number of carbonyl (C=O) groups excluding carboxylic acids is 2. The summed E-state index contributed by atoms with van der Waals surface area (Å²) < 4.78 is 37.8. The average Bonchev–Trinajstić information content (AvgIpc) is 2.98. The van der Waals surface area contributed by atoms with E-state index < -0.39 is 28.5 Å². The van der Waals surface area contributed by atoms with Crippen LogP contribution in [0.5, 0.6) is 11.5 Å². The maximum absolute atomic E-state index is 14.3. The van der Waals surface area contributed by atoms with Crippen LogP contribution < -0.4 is 19.1 Å². The molecule has 0 fully saturated rings. The number of hydrogen-bond donors (Lipinski definition) is 1. The van der Waals surface area contributed by atoms with Crippen LogP contribution in [0.4, 0.5) is 5.69 Å². The van der Waals surface area contributed by atoms with Gasteiger partial charge >= 0.3 is 0 Å². The number of methoxy groups -OCH3 is 2. The minimum atomic E-state index is -3.99. The van der Waals surface area contributed by atoms with Crippen molar-refractivity contribution >= 4 is 50.7 Å². The van der Waals surface area contributed by atoms with Gasteiger partial charge in [0.2, 0.25) is 21.8 Å². The molecule has 9 nitrogen and oxygen atoms in total. The number of nitrogens with zero attached hydrogens (tertiary/aromatic N) is 2. The highest BCUT2D eigenvalue weighted by Crippen LogP contribution is 2.34. The maximum atomic E-state index is 14.3. The van der Waals surface area contributed by atoms with Crippen LogP contribution in [0.15, 0.2) is 66.7 Å². The molecule has 2 atom stereocenters. The topological polar surface area (TPSA) is 105 Å². The van der Waals surface area contributed by atoms with E-state index in [1.165, 1.54) is 31.3 Å². The number of hydrogen-bond acceptors (Lipinski definition) is 6. The molecule has 1 N–H and O–H groups in total. The van der Waals surface area contributed by atoms with Gasteiger partial charge < -0.3 is 19.7 Å². The zero-order chi connectivity index (χ0) is 31.7. The maximum Gasteiger partial charge on any atom is 0.244 e. The van der Waals surface area contributed by atoms with Crippen molar-refractivity contribution in [1.82, 2.24) is 10.2 Å². The Hall–Kier alpha value is -3.47. The van der Waals surface area contributed by atoms with E-state index in [1.807, 2.05) is 44.2 Å². The molecule has 232 valence electrons. The molecule has 12 heteroatoms. The van der Waals surface area contributed by atoms with Gasteiger partial charge in [-0.05, 0) is 48.7 Å². The van der Waals surface area contributed by atoms with E-state index in [0.29, 0.717) is 22.8 Å². The number of nitrogens with one attached hydrogen (secondary N) is 1. The molecular weight excluding hydrogens is 613 g/mol. The van der Waals surface area contributed by atoms with Crippen LogP contribution in [0.25, 0.3) is 0 Å². The fourth-order valence-corrected chi connectivity index (χ4v) is 5.59. The number of rotatable bonds is 14. The first kappa shape index (κ1) is 34.0. The van der Waals surface area contributed by atoms with Gasteiger partial charge in [0.05, 0.1) is 36.2 Å². The Labute approximate surface area is 263 Å². The second-order valence-corrected chi connectivity index (χ2v) is 12.8. The Balaban J connectivity index is 2.12. The molecule has 0 radical (unpaired) electrons. The number of carbonyl (C=O) groups is 2. The van der Waals surface area contributed by atoms with Gasteiger partial charge in [-0.3, -0.25) is 13.9 Å². The summed E-state index contributed by atoms with van der Waals surface area (Å²) in [4.78, 5) is 29.4. The lowest BCUT2D eigenvalue weighted by Crippen LogP contribution is -2.54. The number of anilines is 1. The molecule has 0 saturated heterocycles. The molecule has 3 aromatic carbocycles. The van der Waals surface area contributed by atoms with E-state index in [4.69, 9.17) is 32.7 Å². The molecule has 3 aromatic rings. The monoisotopic (exact) mass is 649 g/mol. The Kier molecular flexibility index (Phi) is 12.1. The first-order valence-corrected chi connectivity index (χ1v) is 16.3. The number of sulfonamides is 1. The lowest BCUT2D eigenvalue weighted by atomic mass is 10.0. The van der Waals surface area contributed by atoms with E-state index in [-0.39, 0.29) is 41.4 Å². The number of halogens is 2. The Bertz CT molecular complexity index is 1520. The first-order chi connectivity index (χ1) is 20.4. The second kappa shape index (κ2) is 15.3. The second-order valence-electron chi connectivity index (χ2n) is 10.1. The SMILES string of the molecule is CC[C@@H](C)NC(=O)[C@@H](Cc1ccccc1)N(Cc1ccc(Cl)c(Cl)c1)C(=O)CN(c1ccc(OC)cc1OC)S(C)(=O)=O. The average molecular weight is 651 g/mol. The van der Waals surface area contributed by atoms with Crippen molar-refractivity contribution in [2.75, 3.05) is 31.3 Å². The smallest absolute Gasteiger partial charge is 0.244 e. The lowest BCUT2D eigenvalue weighted by Gasteiger charge is -2.34. The minimum absolute atomic E-state index is 0.0293. The number of amides is 2. The predicted molar refractivity (Wildman–Crippen MR) is 171 cm³/mol. The summed E-state index contributed by atoms with van der Waals surface area (Å²) in [5.74, 6) is -0.315. The fraction of sp³-hybridized carbons (Fsp3) is 0.355. The normalized spacial score (nSPS) is 12.6. The standard InChI is InChI=1S/C31H37Cl2N3O6S/c1-6-21(2)34-31(38)28(17-22-10-8-7-9-11-22)35(19-23-12-14-25(32)26(33)16-23)30(37)20-36(43(5,39)40)27-15-13-24(41-3)18-29(27)42-4/h7-16,18,21,28H,6,17,19-20H2,1-5H3,(H,34,38)/t21-,28-/m1/s1. The molecule has 0 spiro atoms. The third-order valence-corrected chi connectivity index (χ3v) is 8.81. The summed E-state index contributed by atoms with van der Waals surface area (Å²) in [6.07, 6.45) is 1.88. The minimum Gasteiger partial charge on any atom is -0.497 e. The van der Waals surface area contributed by atoms with Crippen LogP contribution in [-0.4, -0.2) is 64.2 Å². The molecule has 0 unspecified atom stereocenters. The molecule has 43 heavy (non-hydrogen) atoms. The van der Waals surface area contributed by atoms with Gasteiger partial charge in [-0.1, -0.05) is 66.5 Å². The van der Waals surface area contributed by atoms with Crippen LogP contribution in [0.2, 0.25) is 10.0 Å². The largest absolute Gasteiger partial charge is 0.497 e. The van der Waals surface area contributed by atoms with Gasteiger partial charge in [0.1, 0.15) is 24.1 Å². The van der Waals surface area contributed by atoms with Crippen molar-refractivity contribution < 1.29 is 27.5 Å². The van der Waals surface area contributed by atoms with E-state index in [2.05, 4.69) is 5.32 Å². The quantitative estimate of drug-likeness (QED) is 0.253. The summed E-state index contributed by atoms with van der Waals surface area (Å²) >= 11 is 12.4. The molecule has 0 aliphatic carbocycles. The van der Waals surface area contributed by atoms with Crippen molar-refractivity contribution in [3.63, 3.8) is 0 Å². The third kappa shape index (κ3) is 9.26. The molecular formula is C31H37Cl2N3O6S. The van der Waals surface area contributed by atoms with Gasteiger partial charge in [0, 0.05) is 25.1 Å². The summed E-state index contributed by atoms with van der Waals surface area (Å²) in [7, 11) is -1.11. The Morgan fingerprint density at radius 2 is 1.63 bits per heavy atom. The molecule has 0 aliphatic rings. The summed E-state index contributed by atoms with van der Waals surface area (Å²) in [5, 5.41) is 3.62. The van der Waals surface area contributed by atoms with Crippen molar-refractivity contribution in [3.05, 3.63) is 87.9 Å². The van der Waals surface area contributed by atoms with Gasteiger partial charge in [-0.15, -0.1) is 0 Å².